The summed E-state index contributed by atoms with van der Waals surface area (Å²) in [5.74, 6) is -0.516. The molecular weight excluding hydrogens is 246 g/mol. The van der Waals surface area contributed by atoms with E-state index in [9.17, 15) is 9.59 Å². The number of hydrogen-bond acceptors (Lipinski definition) is 4. The normalized spacial score (nSPS) is 13.6. The smallest absolute Gasteiger partial charge is 0.261 e. The second kappa shape index (κ2) is 6.15. The van der Waals surface area contributed by atoms with Gasteiger partial charge < -0.3 is 9.47 Å². The fourth-order valence-corrected chi connectivity index (χ4v) is 1.89. The molecule has 1 aliphatic heterocycles. The molecule has 5 nitrogen and oxygen atoms in total. The number of amides is 2. The molecule has 1 aliphatic rings. The van der Waals surface area contributed by atoms with Gasteiger partial charge in [-0.05, 0) is 12.1 Å². The largest absolute Gasteiger partial charge is 0.499 e. The lowest BCUT2D eigenvalue weighted by atomic mass is 10.1. The molecule has 1 aromatic rings. The molecule has 0 atom stereocenters. The van der Waals surface area contributed by atoms with Gasteiger partial charge in [-0.3, -0.25) is 14.5 Å². The number of hydrogen-bond donors (Lipinski definition) is 0. The highest BCUT2D eigenvalue weighted by Crippen LogP contribution is 2.21. The van der Waals surface area contributed by atoms with E-state index in [2.05, 4.69) is 6.58 Å². The predicted octanol–water partition coefficient (Wildman–Crippen LogP) is 1.46. The average Bonchev–Trinajstić information content (AvgIpc) is 2.68. The molecule has 0 bridgehead atoms. The molecule has 0 radical (unpaired) electrons. The maximum atomic E-state index is 12.0. The van der Waals surface area contributed by atoms with E-state index in [1.165, 1.54) is 11.2 Å². The number of rotatable bonds is 7. The zero-order valence-corrected chi connectivity index (χ0v) is 10.5. The first-order chi connectivity index (χ1) is 9.25. The molecule has 0 unspecified atom stereocenters. The highest BCUT2D eigenvalue weighted by molar-refractivity contribution is 6.21. The number of carbonyl (C=O) groups is 2. The quantitative estimate of drug-likeness (QED) is 0.423. The minimum absolute atomic E-state index is 0.250. The van der Waals surface area contributed by atoms with E-state index in [1.807, 2.05) is 0 Å². The molecule has 19 heavy (non-hydrogen) atoms. The Morgan fingerprint density at radius 1 is 1.05 bits per heavy atom. The Balaban J connectivity index is 1.85. The van der Waals surface area contributed by atoms with Gasteiger partial charge in [-0.1, -0.05) is 18.7 Å². The summed E-state index contributed by atoms with van der Waals surface area (Å²) in [6.07, 6.45) is 1.34. The van der Waals surface area contributed by atoms with Crippen LogP contribution in [0.3, 0.4) is 0 Å². The molecule has 0 aromatic heterocycles. The molecule has 1 heterocycles. The van der Waals surface area contributed by atoms with Crippen LogP contribution in [0.5, 0.6) is 0 Å². The van der Waals surface area contributed by atoms with Gasteiger partial charge in [-0.25, -0.2) is 0 Å². The second-order valence-corrected chi connectivity index (χ2v) is 3.96. The van der Waals surface area contributed by atoms with Crippen LogP contribution in [0, 0.1) is 0 Å². The van der Waals surface area contributed by atoms with Crippen LogP contribution in [0.2, 0.25) is 0 Å². The van der Waals surface area contributed by atoms with Crippen LogP contribution in [0.4, 0.5) is 0 Å². The lowest BCUT2D eigenvalue weighted by molar-refractivity contribution is 0.0500. The van der Waals surface area contributed by atoms with Crippen molar-refractivity contribution in [3.05, 3.63) is 48.2 Å². The van der Waals surface area contributed by atoms with Crippen LogP contribution in [0.1, 0.15) is 20.7 Å². The third kappa shape index (κ3) is 2.82. The van der Waals surface area contributed by atoms with Crippen LogP contribution in [-0.4, -0.2) is 43.1 Å². The number of ether oxygens (including phenoxy) is 2. The van der Waals surface area contributed by atoms with Crippen molar-refractivity contribution < 1.29 is 19.1 Å². The molecule has 0 N–H and O–H groups in total. The van der Waals surface area contributed by atoms with E-state index in [0.717, 1.165) is 0 Å². The van der Waals surface area contributed by atoms with Gasteiger partial charge >= 0.3 is 0 Å². The summed E-state index contributed by atoms with van der Waals surface area (Å²) in [4.78, 5) is 25.2. The fraction of sp³-hybridized carbons (Fsp3) is 0.286. The van der Waals surface area contributed by atoms with Crippen molar-refractivity contribution in [1.29, 1.82) is 0 Å². The van der Waals surface area contributed by atoms with Crippen LogP contribution in [0.15, 0.2) is 37.1 Å². The molecule has 0 spiro atoms. The molecule has 5 heteroatoms. The molecule has 100 valence electrons. The predicted molar refractivity (Wildman–Crippen MR) is 68.8 cm³/mol. The Labute approximate surface area is 111 Å². The van der Waals surface area contributed by atoms with E-state index >= 15 is 0 Å². The van der Waals surface area contributed by atoms with Gasteiger partial charge in [0.15, 0.2) is 0 Å². The van der Waals surface area contributed by atoms with Crippen LogP contribution in [0.25, 0.3) is 0 Å². The summed E-state index contributed by atoms with van der Waals surface area (Å²) < 4.78 is 10.2. The topological polar surface area (TPSA) is 55.8 Å². The van der Waals surface area contributed by atoms with Gasteiger partial charge in [0.25, 0.3) is 11.8 Å². The number of carbonyl (C=O) groups excluding carboxylic acids is 2. The number of benzene rings is 1. The first-order valence-electron chi connectivity index (χ1n) is 6.01. The van der Waals surface area contributed by atoms with Crippen molar-refractivity contribution in [2.24, 2.45) is 0 Å². The second-order valence-electron chi connectivity index (χ2n) is 3.96. The van der Waals surface area contributed by atoms with E-state index in [4.69, 9.17) is 9.47 Å². The van der Waals surface area contributed by atoms with Crippen LogP contribution < -0.4 is 0 Å². The lowest BCUT2D eigenvalue weighted by Crippen LogP contribution is -2.33. The Bertz CT molecular complexity index is 463. The average molecular weight is 261 g/mol. The first kappa shape index (κ1) is 13.3. The van der Waals surface area contributed by atoms with E-state index < -0.39 is 0 Å². The third-order valence-corrected chi connectivity index (χ3v) is 2.80. The number of nitrogens with zero attached hydrogens (tertiary/aromatic N) is 1. The summed E-state index contributed by atoms with van der Waals surface area (Å²) in [5.41, 5.74) is 0.921. The summed E-state index contributed by atoms with van der Waals surface area (Å²) in [5, 5.41) is 0. The fourth-order valence-electron chi connectivity index (χ4n) is 1.89. The third-order valence-electron chi connectivity index (χ3n) is 2.80. The maximum Gasteiger partial charge on any atom is 0.261 e. The van der Waals surface area contributed by atoms with Crippen molar-refractivity contribution in [3.8, 4) is 0 Å². The SMILES string of the molecule is C=COCCOCCN1C(=O)c2ccccc2C1=O. The van der Waals surface area contributed by atoms with Crippen molar-refractivity contribution in [2.75, 3.05) is 26.4 Å². The van der Waals surface area contributed by atoms with Crippen molar-refractivity contribution >= 4 is 11.8 Å². The van der Waals surface area contributed by atoms with Crippen molar-refractivity contribution in [2.45, 2.75) is 0 Å². The molecule has 0 aliphatic carbocycles. The molecule has 1 aromatic carbocycles. The van der Waals surface area contributed by atoms with E-state index in [0.29, 0.717) is 30.9 Å². The summed E-state index contributed by atoms with van der Waals surface area (Å²) in [6, 6.07) is 6.82. The van der Waals surface area contributed by atoms with E-state index in [1.54, 1.807) is 24.3 Å². The monoisotopic (exact) mass is 261 g/mol. The van der Waals surface area contributed by atoms with Gasteiger partial charge in [0.1, 0.15) is 6.61 Å². The van der Waals surface area contributed by atoms with Gasteiger partial charge in [0.05, 0.1) is 37.1 Å². The lowest BCUT2D eigenvalue weighted by Gasteiger charge is -2.13. The van der Waals surface area contributed by atoms with Gasteiger partial charge in [-0.2, -0.15) is 0 Å². The van der Waals surface area contributed by atoms with Gasteiger partial charge in [-0.15, -0.1) is 0 Å². The minimum Gasteiger partial charge on any atom is -0.499 e. The zero-order chi connectivity index (χ0) is 13.7. The number of imide groups is 1. The van der Waals surface area contributed by atoms with Crippen molar-refractivity contribution in [3.63, 3.8) is 0 Å². The highest BCUT2D eigenvalue weighted by atomic mass is 16.5. The molecule has 0 saturated carbocycles. The van der Waals surface area contributed by atoms with Gasteiger partial charge in [0.2, 0.25) is 0 Å². The molecular formula is C14H15NO4. The Morgan fingerprint density at radius 2 is 1.68 bits per heavy atom. The Kier molecular flexibility index (Phi) is 4.30. The molecule has 2 rings (SSSR count). The minimum atomic E-state index is -0.258. The van der Waals surface area contributed by atoms with Gasteiger partial charge in [0, 0.05) is 0 Å². The Hall–Kier alpha value is -2.14. The summed E-state index contributed by atoms with van der Waals surface area (Å²) in [7, 11) is 0. The first-order valence-corrected chi connectivity index (χ1v) is 6.01. The summed E-state index contributed by atoms with van der Waals surface area (Å²) >= 11 is 0. The zero-order valence-electron chi connectivity index (χ0n) is 10.5. The van der Waals surface area contributed by atoms with E-state index in [-0.39, 0.29) is 18.4 Å². The standard InChI is InChI=1S/C14H15NO4/c1-2-18-9-10-19-8-7-15-13(16)11-5-3-4-6-12(11)14(15)17/h2-6H,1,7-10H2. The summed E-state index contributed by atoms with van der Waals surface area (Å²) in [6.45, 7) is 4.76. The van der Waals surface area contributed by atoms with Crippen molar-refractivity contribution in [1.82, 2.24) is 4.90 Å². The molecule has 2 amide bonds. The number of fused-ring (bicyclic) bond motifs is 1. The van der Waals surface area contributed by atoms with Crippen LogP contribution >= 0.6 is 0 Å². The molecule has 0 fully saturated rings. The molecule has 0 saturated heterocycles. The highest BCUT2D eigenvalue weighted by Gasteiger charge is 2.34. The maximum absolute atomic E-state index is 12.0. The Morgan fingerprint density at radius 3 is 2.26 bits per heavy atom. The van der Waals surface area contributed by atoms with Crippen LogP contribution in [-0.2, 0) is 9.47 Å².